The van der Waals surface area contributed by atoms with Gasteiger partial charge in [-0.1, -0.05) is 0 Å². The second-order valence-corrected chi connectivity index (χ2v) is 4.62. The molecule has 0 fully saturated rings. The van der Waals surface area contributed by atoms with Crippen LogP contribution in [0.25, 0.3) is 0 Å². The van der Waals surface area contributed by atoms with Crippen LogP contribution in [0.4, 0.5) is 39.5 Å². The number of carbonyl (C=O) groups is 1. The topological polar surface area (TPSA) is 55.7 Å². The summed E-state index contributed by atoms with van der Waals surface area (Å²) in [6.45, 7) is 0.908. The van der Waals surface area contributed by atoms with Crippen molar-refractivity contribution in [3.05, 3.63) is 0 Å². The van der Waals surface area contributed by atoms with Crippen LogP contribution in [0.1, 0.15) is 6.92 Å². The lowest BCUT2D eigenvalue weighted by Gasteiger charge is -2.31. The molecule has 0 amide bonds. The Hall–Kier alpha value is -1.34. The Morgan fingerprint density at radius 3 is 1.86 bits per heavy atom. The average Bonchev–Trinajstić information content (AvgIpc) is 2.34. The second-order valence-electron chi connectivity index (χ2n) is 3.40. The van der Waals surface area contributed by atoms with Crippen LogP contribution < -0.4 is 0 Å². The molecule has 14 heteroatoms. The van der Waals surface area contributed by atoms with E-state index in [9.17, 15) is 48.5 Å². The number of hydrogen-bond acceptors (Lipinski definition) is 3. The van der Waals surface area contributed by atoms with E-state index in [4.69, 9.17) is 0 Å². The first kappa shape index (κ1) is 20.7. The van der Waals surface area contributed by atoms with Crippen LogP contribution >= 0.6 is 0 Å². The molecule has 4 nitrogen and oxygen atoms in total. The van der Waals surface area contributed by atoms with Gasteiger partial charge in [-0.2, -0.15) is 43.9 Å². The molecule has 0 aliphatic carbocycles. The van der Waals surface area contributed by atoms with Gasteiger partial charge in [0.25, 0.3) is 0 Å². The van der Waals surface area contributed by atoms with Gasteiger partial charge in [-0.3, -0.25) is 0 Å². The van der Waals surface area contributed by atoms with Crippen LogP contribution in [0.2, 0.25) is 0 Å². The number of ether oxygens (including phenoxy) is 1. The van der Waals surface area contributed by atoms with Gasteiger partial charge in [0, 0.05) is 0 Å². The van der Waals surface area contributed by atoms with E-state index >= 15 is 0 Å². The minimum Gasteiger partial charge on any atom is -0.462 e. The fraction of sp³-hybridized carbons (Fsp3) is 0.750. The van der Waals surface area contributed by atoms with Gasteiger partial charge in [0.15, 0.2) is 0 Å². The molecule has 22 heavy (non-hydrogen) atoms. The summed E-state index contributed by atoms with van der Waals surface area (Å²) in [7, 11) is -4.60. The monoisotopic (exact) mass is 367 g/mol. The lowest BCUT2D eigenvalue weighted by molar-refractivity contribution is -0.381. The molecule has 0 aliphatic heterocycles. The van der Waals surface area contributed by atoms with Crippen molar-refractivity contribution in [3.8, 4) is 0 Å². The van der Waals surface area contributed by atoms with Gasteiger partial charge in [0.05, 0.1) is 6.61 Å². The van der Waals surface area contributed by atoms with Crippen molar-refractivity contribution in [1.29, 1.82) is 0 Å². The van der Waals surface area contributed by atoms with Crippen molar-refractivity contribution in [1.82, 2.24) is 0 Å². The summed E-state index contributed by atoms with van der Waals surface area (Å²) in [5, 5.41) is -6.41. The van der Waals surface area contributed by atoms with Crippen molar-refractivity contribution in [2.75, 3.05) is 6.61 Å². The van der Waals surface area contributed by atoms with Crippen LogP contribution in [0.3, 0.4) is 0 Å². The van der Waals surface area contributed by atoms with Crippen LogP contribution in [0, 0.1) is 0 Å². The van der Waals surface area contributed by atoms with Crippen molar-refractivity contribution >= 4 is 23.2 Å². The molecule has 0 spiro atoms. The Kier molecular flexibility index (Phi) is 6.03. The zero-order valence-corrected chi connectivity index (χ0v) is 11.1. The van der Waals surface area contributed by atoms with Crippen LogP contribution in [-0.2, 0) is 20.5 Å². The molecule has 0 saturated carbocycles. The predicted octanol–water partition coefficient (Wildman–Crippen LogP) is 2.71. The Balaban J connectivity index is 5.54. The summed E-state index contributed by atoms with van der Waals surface area (Å²) in [5.74, 6) is -15.8. The molecular formula is C8H6F9NO3S. The van der Waals surface area contributed by atoms with E-state index in [-0.39, 0.29) is 12.8 Å². The lowest BCUT2D eigenvalue weighted by atomic mass is 10.1. The highest BCUT2D eigenvalue weighted by atomic mass is 32.2. The zero-order valence-electron chi connectivity index (χ0n) is 10.3. The highest BCUT2D eigenvalue weighted by molar-refractivity contribution is 7.85. The molecule has 0 aromatic heterocycles. The molecule has 1 unspecified atom stereocenters. The third kappa shape index (κ3) is 3.70. The fourth-order valence-electron chi connectivity index (χ4n) is 0.807. The number of alkyl halides is 9. The van der Waals surface area contributed by atoms with E-state index in [1.165, 1.54) is 6.92 Å². The third-order valence-electron chi connectivity index (χ3n) is 1.88. The van der Waals surface area contributed by atoms with Crippen LogP contribution in [0.15, 0.2) is 4.40 Å². The van der Waals surface area contributed by atoms with Crippen LogP contribution in [0.5, 0.6) is 0 Å². The molecule has 130 valence electrons. The number of carbonyl (C=O) groups excluding carboxylic acids is 1. The van der Waals surface area contributed by atoms with Gasteiger partial charge < -0.3 is 4.74 Å². The normalized spacial score (nSPS) is 15.9. The van der Waals surface area contributed by atoms with Gasteiger partial charge in [-0.05, 0) is 6.92 Å². The van der Waals surface area contributed by atoms with E-state index in [1.807, 2.05) is 4.40 Å². The molecule has 0 N–H and O–H groups in total. The molecule has 0 saturated heterocycles. The van der Waals surface area contributed by atoms with E-state index in [2.05, 4.69) is 4.74 Å². The maximum Gasteiger partial charge on any atom is 0.460 e. The number of rotatable bonds is 6. The predicted molar refractivity (Wildman–Crippen MR) is 54.2 cm³/mol. The van der Waals surface area contributed by atoms with E-state index in [0.717, 1.165) is 0 Å². The molecule has 0 bridgehead atoms. The van der Waals surface area contributed by atoms with Crippen molar-refractivity contribution < 1.29 is 53.3 Å². The van der Waals surface area contributed by atoms with Gasteiger partial charge in [-0.25, -0.2) is 9.00 Å². The van der Waals surface area contributed by atoms with E-state index in [0.29, 0.717) is 0 Å². The summed E-state index contributed by atoms with van der Waals surface area (Å²) in [6.07, 6.45) is -7.34. The molecule has 1 atom stereocenters. The first-order valence-electron chi connectivity index (χ1n) is 4.96. The Morgan fingerprint density at radius 1 is 1.05 bits per heavy atom. The van der Waals surface area contributed by atoms with Gasteiger partial charge >= 0.3 is 29.2 Å². The van der Waals surface area contributed by atoms with Crippen molar-refractivity contribution in [2.24, 2.45) is 4.40 Å². The molecule has 0 aromatic rings. The number of hydrogen-bond donors (Lipinski definition) is 0. The standard InChI is InChI=1S/C8H6F9NO3S/c1-2-21-4(19)3-18-22(20)8(16,17)6(11,12)5(9,10)7(13,14)15/h3H,2H2,1H3/b18-3+. The Bertz CT molecular complexity index is 474. The zero-order chi connectivity index (χ0) is 18.0. The first-order valence-corrected chi connectivity index (χ1v) is 6.06. The number of halogens is 9. The van der Waals surface area contributed by atoms with Crippen molar-refractivity contribution in [3.63, 3.8) is 0 Å². The third-order valence-corrected chi connectivity index (χ3v) is 2.87. The highest BCUT2D eigenvalue weighted by Crippen LogP contribution is 2.54. The first-order chi connectivity index (χ1) is 9.63. The largest absolute Gasteiger partial charge is 0.462 e. The lowest BCUT2D eigenvalue weighted by Crippen LogP contribution is -2.61. The highest BCUT2D eigenvalue weighted by Gasteiger charge is 2.83. The molecule has 0 aromatic carbocycles. The summed E-state index contributed by atoms with van der Waals surface area (Å²) in [4.78, 5) is 10.6. The van der Waals surface area contributed by atoms with Crippen molar-refractivity contribution in [2.45, 2.75) is 30.2 Å². The SMILES string of the molecule is CCOC(=O)/C=N/S(=O)C(F)(F)C(F)(F)C(F)(F)C(F)(F)F. The van der Waals surface area contributed by atoms with E-state index in [1.54, 1.807) is 0 Å². The fourth-order valence-corrected chi connectivity index (χ4v) is 1.47. The van der Waals surface area contributed by atoms with Crippen LogP contribution in [-0.4, -0.2) is 46.3 Å². The average molecular weight is 367 g/mol. The summed E-state index contributed by atoms with van der Waals surface area (Å²) in [6, 6.07) is 0. The summed E-state index contributed by atoms with van der Waals surface area (Å²) < 4.78 is 129. The molecular weight excluding hydrogens is 361 g/mol. The van der Waals surface area contributed by atoms with Gasteiger partial charge in [0.1, 0.15) is 6.21 Å². The maximum absolute atomic E-state index is 13.0. The Morgan fingerprint density at radius 2 is 1.50 bits per heavy atom. The van der Waals surface area contributed by atoms with Gasteiger partial charge in [-0.15, -0.1) is 0 Å². The summed E-state index contributed by atoms with van der Waals surface area (Å²) >= 11 is 0. The quantitative estimate of drug-likeness (QED) is 0.412. The number of esters is 1. The molecule has 0 rings (SSSR count). The minimum atomic E-state index is -7.18. The second kappa shape index (κ2) is 6.42. The maximum atomic E-state index is 13.0. The molecule has 0 aliphatic rings. The number of nitrogens with zero attached hydrogens (tertiary/aromatic N) is 1. The summed E-state index contributed by atoms with van der Waals surface area (Å²) in [5.41, 5.74) is 0. The van der Waals surface area contributed by atoms with E-state index < -0.39 is 40.2 Å². The Labute approximate surface area is 118 Å². The minimum absolute atomic E-state index is 0.310. The molecule has 0 radical (unpaired) electrons. The van der Waals surface area contributed by atoms with Gasteiger partial charge in [0.2, 0.25) is 11.0 Å². The smallest absolute Gasteiger partial charge is 0.460 e. The molecule has 0 heterocycles.